The average molecular weight is 1250 g/mol. The third-order valence-corrected chi connectivity index (χ3v) is 26.5. The van der Waals surface area contributed by atoms with Gasteiger partial charge >= 0.3 is 199 Å². The maximum Gasteiger partial charge on any atom is -0.0809 e. The van der Waals surface area contributed by atoms with Crippen LogP contribution < -0.4 is 45.6 Å². The fourth-order valence-electron chi connectivity index (χ4n) is 7.03. The molecule has 0 aliphatic heterocycles. The Balaban J connectivity index is 0.000000149. The average Bonchev–Trinajstić information content (AvgIpc) is 4.24. The SMILES string of the molecule is [Cl-].[Cl-].[Hf+2]=[Si](c1ccccc1)c1ccccc1.[Hf+2]=[Si](c1ccccc1)c1ccccc1.c1ccc2[cH-]ccc2c1.c1ccc2[cH-]ccc2c1.c1ccc2[cH-]ccc2c1.c1ccc2[cH-]ccc2c1. The molecule has 320 valence electrons. The number of fused-ring (bicyclic) bond motifs is 4. The molecular weight excluding hydrogens is 1200 g/mol. The van der Waals surface area contributed by atoms with Crippen molar-refractivity contribution < 1.29 is 70.8 Å². The van der Waals surface area contributed by atoms with Crippen molar-refractivity contribution >= 4 is 74.8 Å². The van der Waals surface area contributed by atoms with Gasteiger partial charge in [-0.1, -0.05) is 24.3 Å². The molecule has 0 aromatic heterocycles. The smallest absolute Gasteiger partial charge is 0.0809 e. The number of rotatable bonds is 4. The van der Waals surface area contributed by atoms with Crippen molar-refractivity contribution in [1.29, 1.82) is 0 Å². The van der Waals surface area contributed by atoms with E-state index < -0.39 is 11.0 Å². The molecular formula is C60H48Cl2Hf2Si2-2. The maximum atomic E-state index is 2.26. The van der Waals surface area contributed by atoms with Crippen LogP contribution in [0.1, 0.15) is 0 Å². The van der Waals surface area contributed by atoms with Gasteiger partial charge in [-0.15, -0.1) is 119 Å². The summed E-state index contributed by atoms with van der Waals surface area (Å²) in [6, 6.07) is 102. The van der Waals surface area contributed by atoms with Crippen molar-refractivity contribution in [3.05, 3.63) is 291 Å². The van der Waals surface area contributed by atoms with Gasteiger partial charge in [-0.05, 0) is 0 Å². The van der Waals surface area contributed by atoms with E-state index in [-0.39, 0.29) is 24.8 Å². The molecule has 0 radical (unpaired) electrons. The third kappa shape index (κ3) is 16.1. The van der Waals surface area contributed by atoms with Crippen LogP contribution >= 0.6 is 0 Å². The molecule has 0 unspecified atom stereocenters. The number of hydrogen-bond acceptors (Lipinski definition) is 0. The summed E-state index contributed by atoms with van der Waals surface area (Å²) in [5.41, 5.74) is -0.812. The number of benzene rings is 8. The van der Waals surface area contributed by atoms with Crippen LogP contribution in [0.3, 0.4) is 0 Å². The van der Waals surface area contributed by atoms with Gasteiger partial charge in [-0.2, -0.15) is 70.1 Å². The molecule has 0 aliphatic carbocycles. The fraction of sp³-hybridized carbons (Fsp3) is 0. The van der Waals surface area contributed by atoms with Crippen LogP contribution in [0.25, 0.3) is 43.1 Å². The fourth-order valence-corrected chi connectivity index (χ4v) is 17.0. The van der Waals surface area contributed by atoms with Gasteiger partial charge in [0.2, 0.25) is 0 Å². The van der Waals surface area contributed by atoms with Gasteiger partial charge in [-0.3, -0.25) is 0 Å². The van der Waals surface area contributed by atoms with Crippen LogP contribution in [-0.2, 0) is 46.0 Å². The molecule has 0 aliphatic rings. The third-order valence-electron chi connectivity index (χ3n) is 10.4. The Hall–Kier alpha value is -5.05. The van der Waals surface area contributed by atoms with Crippen LogP contribution in [0.5, 0.6) is 0 Å². The van der Waals surface area contributed by atoms with Crippen molar-refractivity contribution in [1.82, 2.24) is 0 Å². The van der Waals surface area contributed by atoms with Crippen LogP contribution in [0.4, 0.5) is 0 Å². The molecule has 12 rings (SSSR count). The minimum Gasteiger partial charge on any atom is -0.168 e. The zero-order valence-corrected chi connectivity index (χ0v) is 47.2. The minimum absolute atomic E-state index is 0. The zero-order valence-electron chi connectivity index (χ0n) is 36.5. The van der Waals surface area contributed by atoms with Gasteiger partial charge in [0.1, 0.15) is 0 Å². The van der Waals surface area contributed by atoms with E-state index in [9.17, 15) is 0 Å². The summed E-state index contributed by atoms with van der Waals surface area (Å²) < 4.78 is 0. The number of hydrogen-bond donors (Lipinski definition) is 0. The zero-order chi connectivity index (χ0) is 44.0. The van der Waals surface area contributed by atoms with Crippen LogP contribution in [0.15, 0.2) is 291 Å². The maximum absolute atomic E-state index is 2.26. The summed E-state index contributed by atoms with van der Waals surface area (Å²) >= 11 is 2.53. The van der Waals surface area contributed by atoms with Crippen LogP contribution in [0, 0.1) is 0 Å². The van der Waals surface area contributed by atoms with E-state index in [0.29, 0.717) is 0 Å². The first-order chi connectivity index (χ1) is 31.6. The molecule has 12 aromatic carbocycles. The molecule has 0 nitrogen and oxygen atoms in total. The summed E-state index contributed by atoms with van der Waals surface area (Å²) in [6.07, 6.45) is 0. The predicted octanol–water partition coefficient (Wildman–Crippen LogP) is 6.92. The van der Waals surface area contributed by atoms with Crippen molar-refractivity contribution in [2.75, 3.05) is 0 Å². The minimum atomic E-state index is -0.406. The molecule has 0 amide bonds. The standard InChI is InChI=1S/2C12H10Si.4C9H7.2ClH.2Hf/c2*1-3-7-11(8-4-1)13-12-9-5-2-6-10-12;4*1-2-5-9-7-3-6-8(9)4-1;;;;/h2*1-10H;4*1-7H;2*1H;;/q;;4*-1;;;2*+2/p-2. The Morgan fingerprint density at radius 3 is 0.606 bits per heavy atom. The van der Waals surface area contributed by atoms with E-state index in [4.69, 9.17) is 0 Å². The van der Waals surface area contributed by atoms with E-state index >= 15 is 0 Å². The Labute approximate surface area is 432 Å². The largest absolute Gasteiger partial charge is 0.168 e. The molecule has 0 N–H and O–H groups in total. The Kier molecular flexibility index (Phi) is 22.7. The quantitative estimate of drug-likeness (QED) is 0.133. The summed E-state index contributed by atoms with van der Waals surface area (Å²) in [4.78, 5) is 0. The molecule has 0 fully saturated rings. The molecule has 0 saturated heterocycles. The molecule has 6 heteroatoms. The predicted molar refractivity (Wildman–Crippen MR) is 274 cm³/mol. The normalized spacial score (nSPS) is 9.76. The van der Waals surface area contributed by atoms with Gasteiger partial charge < -0.3 is 24.8 Å². The van der Waals surface area contributed by atoms with E-state index in [2.05, 4.69) is 291 Å². The van der Waals surface area contributed by atoms with Gasteiger partial charge in [0.25, 0.3) is 0 Å². The van der Waals surface area contributed by atoms with Gasteiger partial charge in [0.05, 0.1) is 0 Å². The van der Waals surface area contributed by atoms with Crippen LogP contribution in [-0.4, -0.2) is 11.0 Å². The molecule has 0 spiro atoms. The number of halogens is 2. The molecule has 12 aromatic rings. The first-order valence-electron chi connectivity index (χ1n) is 21.4. The summed E-state index contributed by atoms with van der Waals surface area (Å²) in [5.74, 6) is 0. The Morgan fingerprint density at radius 1 is 0.227 bits per heavy atom. The van der Waals surface area contributed by atoms with Crippen molar-refractivity contribution in [2.45, 2.75) is 0 Å². The van der Waals surface area contributed by atoms with E-state index in [1.807, 2.05) is 0 Å². The van der Waals surface area contributed by atoms with Gasteiger partial charge in [0.15, 0.2) is 0 Å². The van der Waals surface area contributed by atoms with Crippen molar-refractivity contribution in [2.24, 2.45) is 0 Å². The van der Waals surface area contributed by atoms with E-state index in [1.165, 1.54) is 110 Å². The second-order valence-electron chi connectivity index (χ2n) is 14.8. The molecule has 0 bridgehead atoms. The Bertz CT molecular complexity index is 2650. The van der Waals surface area contributed by atoms with E-state index in [1.54, 1.807) is 0 Å². The van der Waals surface area contributed by atoms with Crippen molar-refractivity contribution in [3.8, 4) is 0 Å². The van der Waals surface area contributed by atoms with E-state index in [0.717, 1.165) is 0 Å². The van der Waals surface area contributed by atoms with Gasteiger partial charge in [-0.25, -0.2) is 0 Å². The molecule has 0 atom stereocenters. The Morgan fingerprint density at radius 2 is 0.409 bits per heavy atom. The van der Waals surface area contributed by atoms with Gasteiger partial charge in [0, 0.05) is 0 Å². The second kappa shape index (κ2) is 28.9. The summed E-state index contributed by atoms with van der Waals surface area (Å²) in [6.45, 7) is 0. The molecule has 66 heavy (non-hydrogen) atoms. The summed E-state index contributed by atoms with van der Waals surface area (Å²) in [7, 11) is 0. The summed E-state index contributed by atoms with van der Waals surface area (Å²) in [5, 5.41) is 16.8. The van der Waals surface area contributed by atoms with Crippen LogP contribution in [0.2, 0.25) is 0 Å². The monoisotopic (exact) mass is 1250 g/mol. The topological polar surface area (TPSA) is 0 Å². The molecule has 0 heterocycles. The second-order valence-corrected chi connectivity index (χ2v) is 29.4. The first kappa shape index (κ1) is 51.9. The van der Waals surface area contributed by atoms with Crippen molar-refractivity contribution in [3.63, 3.8) is 0 Å². The first-order valence-corrected chi connectivity index (χ1v) is 35.2. The molecule has 0 saturated carbocycles.